The number of anilines is 1. The van der Waals surface area contributed by atoms with Crippen molar-refractivity contribution in [1.82, 2.24) is 4.90 Å². The topological polar surface area (TPSA) is 102 Å². The number of hydrogen-bond acceptors (Lipinski definition) is 8. The number of Topliss-reactive ketones (excluding diaryl/α,β-unsaturated/α-hetero) is 1. The summed E-state index contributed by atoms with van der Waals surface area (Å²) in [4.78, 5) is 54.2. The second-order valence-electron chi connectivity index (χ2n) is 9.80. The van der Waals surface area contributed by atoms with E-state index in [0.29, 0.717) is 34.6 Å². The Morgan fingerprint density at radius 2 is 1.51 bits per heavy atom. The number of benzene rings is 2. The van der Waals surface area contributed by atoms with Crippen LogP contribution in [0.4, 0.5) is 5.69 Å². The summed E-state index contributed by atoms with van der Waals surface area (Å²) in [6.45, 7) is 5.48. The first-order valence-corrected chi connectivity index (χ1v) is 12.3. The molecule has 0 N–H and O–H groups in total. The highest BCUT2D eigenvalue weighted by molar-refractivity contribution is 6.22. The Balaban J connectivity index is 1.38. The fourth-order valence-corrected chi connectivity index (χ4v) is 5.19. The predicted molar refractivity (Wildman–Crippen MR) is 136 cm³/mol. The summed E-state index contributed by atoms with van der Waals surface area (Å²) < 4.78 is 15.5. The van der Waals surface area contributed by atoms with E-state index in [1.807, 2.05) is 0 Å². The minimum absolute atomic E-state index is 0.153. The average molecular weight is 509 g/mol. The second kappa shape index (κ2) is 11.1. The summed E-state index contributed by atoms with van der Waals surface area (Å²) >= 11 is 0. The molecular weight excluding hydrogens is 476 g/mol. The first kappa shape index (κ1) is 26.3. The van der Waals surface area contributed by atoms with Gasteiger partial charge in [-0.25, -0.2) is 9.69 Å². The highest BCUT2D eigenvalue weighted by Crippen LogP contribution is 2.31. The quantitative estimate of drug-likeness (QED) is 0.304. The van der Waals surface area contributed by atoms with Crippen molar-refractivity contribution >= 4 is 29.3 Å². The number of methoxy groups -OCH3 is 2. The molecule has 9 nitrogen and oxygen atoms in total. The van der Waals surface area contributed by atoms with Gasteiger partial charge in [0.1, 0.15) is 0 Å². The lowest BCUT2D eigenvalue weighted by Crippen LogP contribution is -2.48. The van der Waals surface area contributed by atoms with E-state index in [4.69, 9.17) is 14.2 Å². The zero-order chi connectivity index (χ0) is 26.7. The number of hydrogen-bond donors (Lipinski definition) is 0. The van der Waals surface area contributed by atoms with E-state index in [1.54, 1.807) is 24.3 Å². The van der Waals surface area contributed by atoms with Gasteiger partial charge in [-0.2, -0.15) is 0 Å². The fourth-order valence-electron chi connectivity index (χ4n) is 5.19. The molecule has 2 aliphatic heterocycles. The molecule has 0 radical (unpaired) electrons. The molecule has 2 aromatic carbocycles. The zero-order valence-corrected chi connectivity index (χ0v) is 21.6. The molecule has 196 valence electrons. The van der Waals surface area contributed by atoms with Gasteiger partial charge in [0.15, 0.2) is 23.9 Å². The molecular formula is C28H32N2O7. The van der Waals surface area contributed by atoms with Gasteiger partial charge in [0.05, 0.1) is 37.9 Å². The molecule has 2 heterocycles. The van der Waals surface area contributed by atoms with Crippen LogP contribution in [0.25, 0.3) is 0 Å². The highest BCUT2D eigenvalue weighted by atomic mass is 16.5. The Morgan fingerprint density at radius 3 is 2.14 bits per heavy atom. The van der Waals surface area contributed by atoms with Crippen LogP contribution in [-0.4, -0.2) is 68.4 Å². The van der Waals surface area contributed by atoms with Crippen LogP contribution in [0.5, 0.6) is 11.5 Å². The van der Waals surface area contributed by atoms with Gasteiger partial charge in [0, 0.05) is 18.7 Å². The first-order valence-electron chi connectivity index (χ1n) is 12.3. The van der Waals surface area contributed by atoms with Crippen molar-refractivity contribution in [3.63, 3.8) is 0 Å². The van der Waals surface area contributed by atoms with E-state index in [2.05, 4.69) is 18.7 Å². The van der Waals surface area contributed by atoms with E-state index >= 15 is 0 Å². The Hall–Kier alpha value is -3.72. The van der Waals surface area contributed by atoms with Gasteiger partial charge in [0.2, 0.25) is 5.91 Å². The van der Waals surface area contributed by atoms with E-state index < -0.39 is 24.4 Å². The Labute approximate surface area is 216 Å². The summed E-state index contributed by atoms with van der Waals surface area (Å²) in [5.74, 6) is 0.263. The molecule has 0 spiro atoms. The van der Waals surface area contributed by atoms with Gasteiger partial charge in [-0.15, -0.1) is 0 Å². The fraction of sp³-hybridized carbons (Fsp3) is 0.429. The summed E-state index contributed by atoms with van der Waals surface area (Å²) in [6, 6.07) is 10.3. The van der Waals surface area contributed by atoms with Gasteiger partial charge in [-0.3, -0.25) is 19.3 Å². The van der Waals surface area contributed by atoms with Gasteiger partial charge < -0.3 is 14.2 Å². The number of imide groups is 1. The van der Waals surface area contributed by atoms with Crippen molar-refractivity contribution in [3.05, 3.63) is 53.6 Å². The zero-order valence-electron chi connectivity index (χ0n) is 21.6. The maximum atomic E-state index is 13.2. The number of carbonyl (C=O) groups excluding carboxylic acids is 4. The molecule has 9 heteroatoms. The molecule has 2 saturated heterocycles. The molecule has 0 aromatic heterocycles. The normalized spacial score (nSPS) is 22.2. The van der Waals surface area contributed by atoms with Crippen LogP contribution in [0.1, 0.15) is 47.4 Å². The average Bonchev–Trinajstić information content (AvgIpc) is 3.19. The molecule has 2 fully saturated rings. The van der Waals surface area contributed by atoms with Gasteiger partial charge in [-0.1, -0.05) is 13.8 Å². The number of rotatable bonds is 8. The van der Waals surface area contributed by atoms with Crippen LogP contribution < -0.4 is 14.4 Å². The van der Waals surface area contributed by atoms with Crippen LogP contribution in [0.15, 0.2) is 42.5 Å². The SMILES string of the molecule is COc1ccc(C(=O)COC(=O)c2ccc(N3C(=O)CC(N4CC(C)CC(C)C4)C3=O)cc2)cc1OC. The Morgan fingerprint density at radius 1 is 0.892 bits per heavy atom. The summed E-state index contributed by atoms with van der Waals surface area (Å²) in [7, 11) is 2.96. The molecule has 0 bridgehead atoms. The minimum atomic E-state index is -0.686. The molecule has 3 atom stereocenters. The van der Waals surface area contributed by atoms with Crippen LogP contribution >= 0.6 is 0 Å². The van der Waals surface area contributed by atoms with E-state index in [9.17, 15) is 19.2 Å². The number of likely N-dealkylation sites (tertiary alicyclic amines) is 1. The largest absolute Gasteiger partial charge is 0.493 e. The number of nitrogens with zero attached hydrogens (tertiary/aromatic N) is 2. The lowest BCUT2D eigenvalue weighted by atomic mass is 9.90. The molecule has 2 aromatic rings. The van der Waals surface area contributed by atoms with Gasteiger partial charge in [-0.05, 0) is 60.7 Å². The number of carbonyl (C=O) groups is 4. The number of piperidine rings is 1. The molecule has 37 heavy (non-hydrogen) atoms. The summed E-state index contributed by atoms with van der Waals surface area (Å²) in [5.41, 5.74) is 0.936. The van der Waals surface area contributed by atoms with Crippen LogP contribution in [0.3, 0.4) is 0 Å². The maximum absolute atomic E-state index is 13.2. The van der Waals surface area contributed by atoms with Gasteiger partial charge in [0.25, 0.3) is 5.91 Å². The third-order valence-corrected chi connectivity index (χ3v) is 6.86. The minimum Gasteiger partial charge on any atom is -0.493 e. The lowest BCUT2D eigenvalue weighted by Gasteiger charge is -2.37. The molecule has 0 aliphatic carbocycles. The Kier molecular flexibility index (Phi) is 7.92. The van der Waals surface area contributed by atoms with Crippen molar-refractivity contribution in [2.24, 2.45) is 11.8 Å². The maximum Gasteiger partial charge on any atom is 0.338 e. The molecule has 4 rings (SSSR count). The van der Waals surface area contributed by atoms with Gasteiger partial charge >= 0.3 is 5.97 Å². The van der Waals surface area contributed by atoms with E-state index in [-0.39, 0.29) is 23.8 Å². The van der Waals surface area contributed by atoms with E-state index in [1.165, 1.54) is 37.3 Å². The smallest absolute Gasteiger partial charge is 0.338 e. The molecule has 2 amide bonds. The molecule has 3 unspecified atom stereocenters. The van der Waals surface area contributed by atoms with Crippen molar-refractivity contribution in [1.29, 1.82) is 0 Å². The molecule has 0 saturated carbocycles. The standard InChI is InChI=1S/C28H32N2O7/c1-17-11-18(2)15-29(14-17)22-13-26(32)30(27(22)33)21-8-5-19(6-9-21)28(34)37-16-23(31)20-7-10-24(35-3)25(12-20)36-4/h5-10,12,17-18,22H,11,13-16H2,1-4H3. The van der Waals surface area contributed by atoms with E-state index in [0.717, 1.165) is 19.5 Å². The van der Waals surface area contributed by atoms with Crippen molar-refractivity contribution in [2.45, 2.75) is 32.7 Å². The first-order chi connectivity index (χ1) is 17.7. The number of amides is 2. The summed E-state index contributed by atoms with van der Waals surface area (Å²) in [6.07, 6.45) is 1.27. The van der Waals surface area contributed by atoms with Crippen LogP contribution in [0.2, 0.25) is 0 Å². The lowest BCUT2D eigenvalue weighted by molar-refractivity contribution is -0.123. The molecule has 2 aliphatic rings. The van der Waals surface area contributed by atoms with Crippen molar-refractivity contribution in [3.8, 4) is 11.5 Å². The highest BCUT2D eigenvalue weighted by Gasteiger charge is 2.44. The predicted octanol–water partition coefficient (Wildman–Crippen LogP) is 3.35. The number of esters is 1. The number of ether oxygens (including phenoxy) is 3. The summed E-state index contributed by atoms with van der Waals surface area (Å²) in [5, 5.41) is 0. The Bertz CT molecular complexity index is 1180. The second-order valence-corrected chi connectivity index (χ2v) is 9.80. The third kappa shape index (κ3) is 5.67. The number of ketones is 1. The van der Waals surface area contributed by atoms with Crippen LogP contribution in [0, 0.1) is 11.8 Å². The monoisotopic (exact) mass is 508 g/mol. The van der Waals surface area contributed by atoms with Crippen molar-refractivity contribution in [2.75, 3.05) is 38.8 Å². The third-order valence-electron chi connectivity index (χ3n) is 6.86. The van der Waals surface area contributed by atoms with Crippen molar-refractivity contribution < 1.29 is 33.4 Å². The van der Waals surface area contributed by atoms with Crippen LogP contribution in [-0.2, 0) is 14.3 Å².